The first-order valence-corrected chi connectivity index (χ1v) is 5.86. The first-order chi connectivity index (χ1) is 8.24. The van der Waals surface area contributed by atoms with E-state index in [-0.39, 0.29) is 13.1 Å². The fourth-order valence-corrected chi connectivity index (χ4v) is 1.50. The number of nitrogens with two attached hydrogens (primary N) is 1. The highest BCUT2D eigenvalue weighted by molar-refractivity contribution is 7.98. The molecule has 0 bridgehead atoms. The van der Waals surface area contributed by atoms with Crippen LogP contribution in [0.1, 0.15) is 0 Å². The van der Waals surface area contributed by atoms with Crippen molar-refractivity contribution in [2.24, 2.45) is 5.84 Å². The van der Waals surface area contributed by atoms with Crippen molar-refractivity contribution in [2.45, 2.75) is 5.16 Å². The van der Waals surface area contributed by atoms with E-state index in [9.17, 15) is 0 Å². The van der Waals surface area contributed by atoms with Crippen LogP contribution in [-0.4, -0.2) is 29.3 Å². The smallest absolute Gasteiger partial charge is 0.191 e. The number of hydrogen-bond donors (Lipinski definition) is 2. The van der Waals surface area contributed by atoms with Crippen LogP contribution in [0.25, 0.3) is 0 Å². The predicted molar refractivity (Wildman–Crippen MR) is 65.1 cm³/mol. The molecule has 0 saturated carbocycles. The van der Waals surface area contributed by atoms with Crippen LogP contribution in [0.3, 0.4) is 0 Å². The highest BCUT2D eigenvalue weighted by Crippen LogP contribution is 2.19. The molecule has 0 radical (unpaired) electrons. The van der Waals surface area contributed by atoms with Crippen LogP contribution in [0.2, 0.25) is 0 Å². The second-order valence-electron chi connectivity index (χ2n) is 2.91. The van der Waals surface area contributed by atoms with Crippen molar-refractivity contribution in [1.82, 2.24) is 9.97 Å². The van der Waals surface area contributed by atoms with E-state index in [2.05, 4.69) is 15.4 Å². The minimum absolute atomic E-state index is 0.0857. The van der Waals surface area contributed by atoms with Crippen molar-refractivity contribution in [3.05, 3.63) is 6.07 Å². The van der Waals surface area contributed by atoms with Gasteiger partial charge in [0.25, 0.3) is 0 Å². The largest absolute Gasteiger partial charge is 0.330 e. The SMILES string of the molecule is CSc1nc(NN)cc(N(CC#N)CC#N)n1. The lowest BCUT2D eigenvalue weighted by Crippen LogP contribution is -2.25. The van der Waals surface area contributed by atoms with Crippen molar-refractivity contribution in [3.63, 3.8) is 0 Å². The summed E-state index contributed by atoms with van der Waals surface area (Å²) in [6, 6.07) is 5.56. The number of nitriles is 2. The van der Waals surface area contributed by atoms with Crippen molar-refractivity contribution in [1.29, 1.82) is 10.5 Å². The molecule has 3 N–H and O–H groups in total. The minimum Gasteiger partial charge on any atom is -0.330 e. The lowest BCUT2D eigenvalue weighted by Gasteiger charge is -2.17. The normalized spacial score (nSPS) is 9.18. The first-order valence-electron chi connectivity index (χ1n) is 4.63. The predicted octanol–water partition coefficient (Wildman–Crippen LogP) is 0.338. The fraction of sp³-hybridized carbons (Fsp3) is 0.333. The number of nitrogens with zero attached hydrogens (tertiary/aromatic N) is 5. The summed E-state index contributed by atoms with van der Waals surface area (Å²) >= 11 is 1.36. The number of hydrazine groups is 1. The third kappa shape index (κ3) is 3.48. The standard InChI is InChI=1S/C9H11N7S/c1-17-9-13-7(15-12)6-8(14-9)16(4-2-10)5-3-11/h6H,4-5,12H2,1H3,(H,13,14,15). The van der Waals surface area contributed by atoms with Gasteiger partial charge in [0.15, 0.2) is 5.16 Å². The summed E-state index contributed by atoms with van der Waals surface area (Å²) in [5, 5.41) is 17.9. The minimum atomic E-state index is 0.0857. The summed E-state index contributed by atoms with van der Waals surface area (Å²) in [7, 11) is 0. The maximum Gasteiger partial charge on any atom is 0.191 e. The zero-order chi connectivity index (χ0) is 12.7. The molecule has 8 heteroatoms. The van der Waals surface area contributed by atoms with Gasteiger partial charge in [-0.1, -0.05) is 11.8 Å². The number of rotatable bonds is 5. The molecule has 1 rings (SSSR count). The quantitative estimate of drug-likeness (QED) is 0.252. The van der Waals surface area contributed by atoms with Crippen LogP contribution in [0.5, 0.6) is 0 Å². The number of thioether (sulfide) groups is 1. The molecule has 1 aromatic rings. The van der Waals surface area contributed by atoms with Crippen LogP contribution < -0.4 is 16.2 Å². The Morgan fingerprint density at radius 2 is 2.06 bits per heavy atom. The molecule has 0 aliphatic rings. The summed E-state index contributed by atoms with van der Waals surface area (Å²) in [5.74, 6) is 6.24. The third-order valence-corrected chi connectivity index (χ3v) is 2.42. The van der Waals surface area contributed by atoms with Gasteiger partial charge in [-0.25, -0.2) is 15.8 Å². The zero-order valence-corrected chi connectivity index (χ0v) is 10.0. The molecule has 17 heavy (non-hydrogen) atoms. The van der Waals surface area contributed by atoms with Crippen molar-refractivity contribution < 1.29 is 0 Å². The van der Waals surface area contributed by atoms with Crippen LogP contribution >= 0.6 is 11.8 Å². The molecule has 0 atom stereocenters. The third-order valence-electron chi connectivity index (χ3n) is 1.87. The summed E-state index contributed by atoms with van der Waals surface area (Å²) in [4.78, 5) is 9.86. The van der Waals surface area contributed by atoms with E-state index in [0.29, 0.717) is 16.8 Å². The number of aromatic nitrogens is 2. The number of nitrogen functional groups attached to an aromatic ring is 1. The molecule has 0 saturated heterocycles. The van der Waals surface area contributed by atoms with E-state index in [0.717, 1.165) is 0 Å². The van der Waals surface area contributed by atoms with Crippen LogP contribution in [-0.2, 0) is 0 Å². The second kappa shape index (κ2) is 6.53. The summed E-state index contributed by atoms with van der Waals surface area (Å²) in [6.07, 6.45) is 1.83. The molecule has 0 aliphatic heterocycles. The summed E-state index contributed by atoms with van der Waals surface area (Å²) < 4.78 is 0. The molecular formula is C9H11N7S. The van der Waals surface area contributed by atoms with Gasteiger partial charge in [-0.2, -0.15) is 10.5 Å². The second-order valence-corrected chi connectivity index (χ2v) is 3.69. The zero-order valence-electron chi connectivity index (χ0n) is 9.21. The molecule has 0 unspecified atom stereocenters. The number of anilines is 2. The van der Waals surface area contributed by atoms with Gasteiger partial charge >= 0.3 is 0 Å². The lowest BCUT2D eigenvalue weighted by atomic mass is 10.4. The Balaban J connectivity index is 3.09. The van der Waals surface area contributed by atoms with Gasteiger partial charge < -0.3 is 10.3 Å². The Morgan fingerprint density at radius 1 is 1.41 bits per heavy atom. The van der Waals surface area contributed by atoms with Crippen molar-refractivity contribution >= 4 is 23.4 Å². The van der Waals surface area contributed by atoms with Gasteiger partial charge in [0.05, 0.1) is 12.1 Å². The fourth-order valence-electron chi connectivity index (χ4n) is 1.13. The lowest BCUT2D eigenvalue weighted by molar-refractivity contribution is 0.879. The van der Waals surface area contributed by atoms with E-state index in [4.69, 9.17) is 16.4 Å². The van der Waals surface area contributed by atoms with Crippen molar-refractivity contribution in [2.75, 3.05) is 29.7 Å². The first kappa shape index (κ1) is 13.0. The van der Waals surface area contributed by atoms with Crippen molar-refractivity contribution in [3.8, 4) is 12.1 Å². The molecule has 0 spiro atoms. The Kier molecular flexibility index (Phi) is 5.01. The van der Waals surface area contributed by atoms with Crippen LogP contribution in [0.4, 0.5) is 11.6 Å². The highest BCUT2D eigenvalue weighted by Gasteiger charge is 2.10. The molecule has 0 aromatic carbocycles. The average molecular weight is 249 g/mol. The molecule has 0 amide bonds. The monoisotopic (exact) mass is 249 g/mol. The van der Waals surface area contributed by atoms with Crippen LogP contribution in [0.15, 0.2) is 11.2 Å². The molecule has 0 aliphatic carbocycles. The maximum absolute atomic E-state index is 8.69. The van der Waals surface area contributed by atoms with Crippen LogP contribution in [0, 0.1) is 22.7 Å². The van der Waals surface area contributed by atoms with Gasteiger partial charge in [-0.15, -0.1) is 0 Å². The Morgan fingerprint density at radius 3 is 2.53 bits per heavy atom. The topological polar surface area (TPSA) is 115 Å². The highest BCUT2D eigenvalue weighted by atomic mass is 32.2. The van der Waals surface area contributed by atoms with E-state index < -0.39 is 0 Å². The molecule has 0 fully saturated rings. The van der Waals surface area contributed by atoms with E-state index in [1.54, 1.807) is 11.0 Å². The van der Waals surface area contributed by atoms with Gasteiger partial charge in [-0.3, -0.25) is 0 Å². The Labute approximate surface area is 103 Å². The number of nitrogens with one attached hydrogen (secondary N) is 1. The molecular weight excluding hydrogens is 238 g/mol. The van der Waals surface area contributed by atoms with Gasteiger partial charge in [0.1, 0.15) is 24.7 Å². The number of hydrogen-bond acceptors (Lipinski definition) is 8. The Bertz CT molecular complexity index is 423. The van der Waals surface area contributed by atoms with Gasteiger partial charge in [0.2, 0.25) is 0 Å². The average Bonchev–Trinajstić information content (AvgIpc) is 2.37. The van der Waals surface area contributed by atoms with Gasteiger partial charge in [-0.05, 0) is 6.26 Å². The van der Waals surface area contributed by atoms with E-state index in [1.165, 1.54) is 11.8 Å². The summed E-state index contributed by atoms with van der Waals surface area (Å²) in [6.45, 7) is 0.171. The molecule has 1 heterocycles. The van der Waals surface area contributed by atoms with E-state index >= 15 is 0 Å². The molecule has 1 aromatic heterocycles. The summed E-state index contributed by atoms with van der Waals surface area (Å²) in [5.41, 5.74) is 2.42. The molecule has 88 valence electrons. The van der Waals surface area contributed by atoms with E-state index in [1.807, 2.05) is 18.4 Å². The maximum atomic E-state index is 8.69. The molecule has 7 nitrogen and oxygen atoms in total. The Hall–Kier alpha value is -2.03. The van der Waals surface area contributed by atoms with Gasteiger partial charge in [0, 0.05) is 6.07 Å².